The molecule has 0 aromatic heterocycles. The Balaban J connectivity index is 0.000000557. The smallest absolute Gasteiger partial charge is 0.335 e. The summed E-state index contributed by atoms with van der Waals surface area (Å²) in [4.78, 5) is 21.0. The molecule has 0 bridgehead atoms. The van der Waals surface area contributed by atoms with Crippen molar-refractivity contribution in [2.24, 2.45) is 0 Å². The van der Waals surface area contributed by atoms with E-state index < -0.39 is 11.9 Å². The highest BCUT2D eigenvalue weighted by Gasteiger charge is 2.09. The van der Waals surface area contributed by atoms with Crippen molar-refractivity contribution in [2.75, 3.05) is 5.73 Å². The second-order valence-electron chi connectivity index (χ2n) is 3.45. The Kier molecular flexibility index (Phi) is 6.40. The molecule has 17 heavy (non-hydrogen) atoms. The van der Waals surface area contributed by atoms with Crippen LogP contribution in [0.5, 0.6) is 0 Å². The van der Waals surface area contributed by atoms with Crippen molar-refractivity contribution in [1.29, 1.82) is 0 Å². The number of nitrogen functional groups attached to an aromatic ring is 1. The molecule has 0 unspecified atom stereocenters. The molecule has 1 aromatic carbocycles. The molecule has 1 rings (SSSR count). The van der Waals surface area contributed by atoms with E-state index in [-0.39, 0.29) is 16.8 Å². The number of carboxylic acids is 2. The first-order valence-electron chi connectivity index (χ1n) is 5.29. The molecular weight excluding hydrogens is 222 g/mol. The van der Waals surface area contributed by atoms with Gasteiger partial charge in [-0.05, 0) is 18.2 Å². The third kappa shape index (κ3) is 5.55. The summed E-state index contributed by atoms with van der Waals surface area (Å²) >= 11 is 0. The van der Waals surface area contributed by atoms with Crippen LogP contribution in [0.15, 0.2) is 18.2 Å². The van der Waals surface area contributed by atoms with Gasteiger partial charge < -0.3 is 15.9 Å². The summed E-state index contributed by atoms with van der Waals surface area (Å²) in [6.45, 7) is 4.36. The van der Waals surface area contributed by atoms with Crippen molar-refractivity contribution in [3.05, 3.63) is 29.3 Å². The van der Waals surface area contributed by atoms with Crippen LogP contribution in [-0.4, -0.2) is 22.2 Å². The first kappa shape index (κ1) is 15.0. The van der Waals surface area contributed by atoms with Crippen LogP contribution in [0.25, 0.3) is 0 Å². The molecule has 0 aliphatic carbocycles. The monoisotopic (exact) mass is 239 g/mol. The van der Waals surface area contributed by atoms with E-state index in [0.717, 1.165) is 6.07 Å². The third-order valence-corrected chi connectivity index (χ3v) is 1.95. The molecule has 4 N–H and O–H groups in total. The molecule has 0 aliphatic heterocycles. The molecule has 0 saturated heterocycles. The highest BCUT2D eigenvalue weighted by atomic mass is 16.4. The number of benzene rings is 1. The second-order valence-corrected chi connectivity index (χ2v) is 3.45. The molecule has 94 valence electrons. The normalized spacial score (nSPS) is 9.06. The highest BCUT2D eigenvalue weighted by Crippen LogP contribution is 2.11. The molecule has 5 nitrogen and oxygen atoms in total. The van der Waals surface area contributed by atoms with Gasteiger partial charge in [-0.1, -0.05) is 26.7 Å². The van der Waals surface area contributed by atoms with Crippen LogP contribution in [0.1, 0.15) is 47.4 Å². The van der Waals surface area contributed by atoms with Gasteiger partial charge in [-0.15, -0.1) is 0 Å². The lowest BCUT2D eigenvalue weighted by molar-refractivity contribution is 0.0696. The van der Waals surface area contributed by atoms with Crippen LogP contribution in [0.3, 0.4) is 0 Å². The van der Waals surface area contributed by atoms with Crippen molar-refractivity contribution < 1.29 is 19.8 Å². The minimum atomic E-state index is -1.20. The van der Waals surface area contributed by atoms with Gasteiger partial charge in [-0.2, -0.15) is 0 Å². The second kappa shape index (κ2) is 7.27. The number of carbonyl (C=O) groups is 2. The third-order valence-electron chi connectivity index (χ3n) is 1.95. The van der Waals surface area contributed by atoms with Crippen LogP contribution >= 0.6 is 0 Å². The van der Waals surface area contributed by atoms with Gasteiger partial charge in [0.25, 0.3) is 0 Å². The topological polar surface area (TPSA) is 101 Å². The van der Waals surface area contributed by atoms with Crippen molar-refractivity contribution in [2.45, 2.75) is 26.7 Å². The minimum absolute atomic E-state index is 0.123. The summed E-state index contributed by atoms with van der Waals surface area (Å²) in [5.74, 6) is -2.40. The van der Waals surface area contributed by atoms with Gasteiger partial charge in [0, 0.05) is 5.69 Å². The number of anilines is 1. The average Bonchev–Trinajstić information content (AvgIpc) is 2.28. The van der Waals surface area contributed by atoms with Crippen LogP contribution in [0.4, 0.5) is 5.69 Å². The fourth-order valence-electron chi connectivity index (χ4n) is 0.899. The zero-order valence-electron chi connectivity index (χ0n) is 9.93. The number of hydrogen-bond acceptors (Lipinski definition) is 3. The number of hydrogen-bond donors (Lipinski definition) is 3. The van der Waals surface area contributed by atoms with E-state index in [1.54, 1.807) is 0 Å². The standard InChI is InChI=1S/C8H7NO4.C4H10/c9-6-2-4(7(10)11)1-5(3-6)8(12)13;1-3-4-2/h1-3H,9H2,(H,10,11)(H,12,13);3-4H2,1-2H3. The largest absolute Gasteiger partial charge is 0.478 e. The van der Waals surface area contributed by atoms with Crippen LogP contribution in [-0.2, 0) is 0 Å². The quantitative estimate of drug-likeness (QED) is 0.703. The zero-order valence-corrected chi connectivity index (χ0v) is 9.93. The molecule has 0 radical (unpaired) electrons. The Morgan fingerprint density at radius 1 is 1.00 bits per heavy atom. The maximum absolute atomic E-state index is 10.5. The molecule has 0 amide bonds. The summed E-state index contributed by atoms with van der Waals surface area (Å²) in [7, 11) is 0. The van der Waals surface area contributed by atoms with Gasteiger partial charge in [0.1, 0.15) is 0 Å². The van der Waals surface area contributed by atoms with Gasteiger partial charge in [0.05, 0.1) is 11.1 Å². The number of unbranched alkanes of at least 4 members (excludes halogenated alkanes) is 1. The Bertz CT molecular complexity index is 367. The Hall–Kier alpha value is -2.04. The van der Waals surface area contributed by atoms with Gasteiger partial charge in [-0.3, -0.25) is 0 Å². The van der Waals surface area contributed by atoms with Gasteiger partial charge >= 0.3 is 11.9 Å². The first-order chi connectivity index (χ1) is 7.92. The lowest BCUT2D eigenvalue weighted by Crippen LogP contribution is -2.03. The van der Waals surface area contributed by atoms with E-state index in [0.29, 0.717) is 0 Å². The molecule has 0 fully saturated rings. The van der Waals surface area contributed by atoms with Gasteiger partial charge in [-0.25, -0.2) is 9.59 Å². The number of carboxylic acid groups (broad SMARTS) is 2. The summed E-state index contributed by atoms with van der Waals surface area (Å²) in [6, 6.07) is 3.46. The fourth-order valence-corrected chi connectivity index (χ4v) is 0.899. The lowest BCUT2D eigenvalue weighted by Gasteiger charge is -1.99. The summed E-state index contributed by atoms with van der Waals surface area (Å²) in [5.41, 5.74) is 5.18. The number of nitrogens with two attached hydrogens (primary N) is 1. The van der Waals surface area contributed by atoms with Crippen molar-refractivity contribution in [3.63, 3.8) is 0 Å². The van der Waals surface area contributed by atoms with Crippen molar-refractivity contribution in [3.8, 4) is 0 Å². The molecule has 5 heteroatoms. The maximum atomic E-state index is 10.5. The predicted molar refractivity (Wildman–Crippen MR) is 65.4 cm³/mol. The number of aromatic carboxylic acids is 2. The Morgan fingerprint density at radius 2 is 1.35 bits per heavy atom. The van der Waals surface area contributed by atoms with E-state index >= 15 is 0 Å². The van der Waals surface area contributed by atoms with E-state index in [4.69, 9.17) is 15.9 Å². The Labute approximate surface area is 99.9 Å². The van der Waals surface area contributed by atoms with Crippen LogP contribution in [0.2, 0.25) is 0 Å². The summed E-state index contributed by atoms with van der Waals surface area (Å²) in [5, 5.41) is 17.1. The van der Waals surface area contributed by atoms with E-state index in [2.05, 4.69) is 13.8 Å². The lowest BCUT2D eigenvalue weighted by atomic mass is 10.1. The van der Waals surface area contributed by atoms with E-state index in [9.17, 15) is 9.59 Å². The number of rotatable bonds is 3. The SMILES string of the molecule is CCCC.Nc1cc(C(=O)O)cc(C(=O)O)c1. The Morgan fingerprint density at radius 3 is 1.59 bits per heavy atom. The fraction of sp³-hybridized carbons (Fsp3) is 0.333. The van der Waals surface area contributed by atoms with Crippen LogP contribution in [0, 0.1) is 0 Å². The molecule has 0 saturated carbocycles. The molecule has 0 aliphatic rings. The van der Waals surface area contributed by atoms with E-state index in [1.807, 2.05) is 0 Å². The van der Waals surface area contributed by atoms with E-state index in [1.165, 1.54) is 25.0 Å². The van der Waals surface area contributed by atoms with Crippen molar-refractivity contribution >= 4 is 17.6 Å². The van der Waals surface area contributed by atoms with Crippen molar-refractivity contribution in [1.82, 2.24) is 0 Å². The highest BCUT2D eigenvalue weighted by molar-refractivity contribution is 5.95. The zero-order chi connectivity index (χ0) is 13.4. The molecule has 0 atom stereocenters. The summed E-state index contributed by atoms with van der Waals surface area (Å²) in [6.07, 6.45) is 2.64. The van der Waals surface area contributed by atoms with Gasteiger partial charge in [0.15, 0.2) is 0 Å². The molecule has 0 spiro atoms. The summed E-state index contributed by atoms with van der Waals surface area (Å²) < 4.78 is 0. The average molecular weight is 239 g/mol. The minimum Gasteiger partial charge on any atom is -0.478 e. The maximum Gasteiger partial charge on any atom is 0.335 e. The first-order valence-corrected chi connectivity index (χ1v) is 5.29. The van der Waals surface area contributed by atoms with Crippen LogP contribution < -0.4 is 5.73 Å². The molecule has 1 aromatic rings. The molecular formula is C12H17NO4. The molecule has 0 heterocycles. The predicted octanol–water partition coefficient (Wildman–Crippen LogP) is 2.47. The van der Waals surface area contributed by atoms with Gasteiger partial charge in [0.2, 0.25) is 0 Å².